The number of nitrogens with one attached hydrogen (secondary N) is 2. The Bertz CT molecular complexity index is 546. The molecule has 0 aromatic heterocycles. The zero-order chi connectivity index (χ0) is 17.4. The molecule has 0 heterocycles. The highest BCUT2D eigenvalue weighted by Crippen LogP contribution is 2.24. The lowest BCUT2D eigenvalue weighted by Crippen LogP contribution is -2.30. The molecule has 0 bridgehead atoms. The van der Waals surface area contributed by atoms with Crippen molar-refractivity contribution in [2.45, 2.75) is 18.7 Å². The SMILES string of the molecule is CN=C(N)N/C=C(\CN(C)C)C(C)CNc1c(C)cccc1S. The largest absolute Gasteiger partial charge is 0.383 e. The maximum absolute atomic E-state index is 5.71. The summed E-state index contributed by atoms with van der Waals surface area (Å²) in [6.45, 7) is 5.96. The van der Waals surface area contributed by atoms with Crippen LogP contribution in [0.5, 0.6) is 0 Å². The van der Waals surface area contributed by atoms with Gasteiger partial charge in [0.2, 0.25) is 0 Å². The van der Waals surface area contributed by atoms with Crippen molar-refractivity contribution in [2.24, 2.45) is 16.6 Å². The number of nitrogens with zero attached hydrogens (tertiary/aromatic N) is 2. The first-order chi connectivity index (χ1) is 10.8. The maximum Gasteiger partial charge on any atom is 0.192 e. The molecule has 0 aliphatic rings. The summed E-state index contributed by atoms with van der Waals surface area (Å²) >= 11 is 4.53. The molecule has 23 heavy (non-hydrogen) atoms. The molecule has 4 N–H and O–H groups in total. The first kappa shape index (κ1) is 19.4. The van der Waals surface area contributed by atoms with E-state index in [2.05, 4.69) is 67.2 Å². The lowest BCUT2D eigenvalue weighted by atomic mass is 10.0. The maximum atomic E-state index is 5.71. The number of thiol groups is 1. The molecule has 0 spiro atoms. The number of para-hydroxylation sites is 1. The first-order valence-corrected chi connectivity index (χ1v) is 8.14. The fourth-order valence-electron chi connectivity index (χ4n) is 2.21. The van der Waals surface area contributed by atoms with Gasteiger partial charge >= 0.3 is 0 Å². The minimum absolute atomic E-state index is 0.335. The Morgan fingerprint density at radius 3 is 2.70 bits per heavy atom. The van der Waals surface area contributed by atoms with Crippen LogP contribution in [-0.2, 0) is 0 Å². The van der Waals surface area contributed by atoms with E-state index in [0.29, 0.717) is 11.9 Å². The molecule has 1 aromatic carbocycles. The second kappa shape index (κ2) is 9.47. The van der Waals surface area contributed by atoms with Gasteiger partial charge in [0.15, 0.2) is 5.96 Å². The van der Waals surface area contributed by atoms with Gasteiger partial charge in [-0.25, -0.2) is 0 Å². The van der Waals surface area contributed by atoms with E-state index in [4.69, 9.17) is 5.73 Å². The standard InChI is InChI=1S/C17H29N5S/c1-12-7-6-8-15(23)16(12)20-9-13(2)14(11-22(4)5)10-21-17(18)19-3/h6-8,10,13,20,23H,9,11H2,1-5H3,(H3,18,19,21)/b14-10+. The number of rotatable bonds is 7. The molecule has 0 fully saturated rings. The molecule has 5 nitrogen and oxygen atoms in total. The van der Waals surface area contributed by atoms with E-state index in [1.165, 1.54) is 11.1 Å². The third kappa shape index (κ3) is 6.54. The molecular weight excluding hydrogens is 306 g/mol. The van der Waals surface area contributed by atoms with Crippen molar-refractivity contribution in [3.05, 3.63) is 35.5 Å². The smallest absolute Gasteiger partial charge is 0.192 e. The number of likely N-dealkylation sites (N-methyl/N-ethyl adjacent to an activating group) is 1. The number of aryl methyl sites for hydroxylation is 1. The average Bonchev–Trinajstić information content (AvgIpc) is 2.49. The number of nitrogens with two attached hydrogens (primary N) is 1. The molecule has 1 rings (SSSR count). The molecule has 0 amide bonds. The molecule has 0 saturated carbocycles. The number of hydrogen-bond acceptors (Lipinski definition) is 4. The highest BCUT2D eigenvalue weighted by Gasteiger charge is 2.12. The number of aliphatic imine (C=N–C) groups is 1. The second-order valence-electron chi connectivity index (χ2n) is 5.96. The summed E-state index contributed by atoms with van der Waals surface area (Å²) in [6.07, 6.45) is 1.95. The Kier molecular flexibility index (Phi) is 7.98. The molecule has 0 aliphatic carbocycles. The van der Waals surface area contributed by atoms with Crippen molar-refractivity contribution in [1.82, 2.24) is 10.2 Å². The van der Waals surface area contributed by atoms with Crippen molar-refractivity contribution < 1.29 is 0 Å². The van der Waals surface area contributed by atoms with Crippen LogP contribution in [0.4, 0.5) is 5.69 Å². The minimum atomic E-state index is 0.335. The van der Waals surface area contributed by atoms with Gasteiger partial charge in [-0.3, -0.25) is 4.99 Å². The van der Waals surface area contributed by atoms with E-state index in [-0.39, 0.29) is 0 Å². The van der Waals surface area contributed by atoms with E-state index in [9.17, 15) is 0 Å². The predicted octanol–water partition coefficient (Wildman–Crippen LogP) is 2.31. The van der Waals surface area contributed by atoms with E-state index in [0.717, 1.165) is 23.7 Å². The molecule has 0 aliphatic heterocycles. The molecule has 0 saturated heterocycles. The van der Waals surface area contributed by atoms with Crippen LogP contribution in [0.3, 0.4) is 0 Å². The van der Waals surface area contributed by atoms with Gasteiger partial charge in [0.1, 0.15) is 0 Å². The zero-order valence-electron chi connectivity index (χ0n) is 14.7. The van der Waals surface area contributed by atoms with Crippen LogP contribution < -0.4 is 16.4 Å². The average molecular weight is 336 g/mol. The van der Waals surface area contributed by atoms with E-state index in [1.807, 2.05) is 18.3 Å². The molecule has 6 heteroatoms. The Morgan fingerprint density at radius 1 is 1.43 bits per heavy atom. The van der Waals surface area contributed by atoms with Gasteiger partial charge < -0.3 is 21.3 Å². The minimum Gasteiger partial charge on any atom is -0.383 e. The van der Waals surface area contributed by atoms with Crippen molar-refractivity contribution in [3.8, 4) is 0 Å². The molecule has 1 aromatic rings. The molecular formula is C17H29N5S. The first-order valence-electron chi connectivity index (χ1n) is 7.70. The fraction of sp³-hybridized carbons (Fsp3) is 0.471. The summed E-state index contributed by atoms with van der Waals surface area (Å²) in [4.78, 5) is 7.02. The summed E-state index contributed by atoms with van der Waals surface area (Å²) in [5, 5.41) is 6.55. The van der Waals surface area contributed by atoms with Gasteiger partial charge in [0.05, 0.1) is 5.69 Å². The van der Waals surface area contributed by atoms with Crippen LogP contribution >= 0.6 is 12.6 Å². The highest BCUT2D eigenvalue weighted by atomic mass is 32.1. The number of anilines is 1. The number of guanidine groups is 1. The number of hydrogen-bond donors (Lipinski definition) is 4. The molecule has 128 valence electrons. The van der Waals surface area contributed by atoms with Crippen LogP contribution in [0.15, 0.2) is 39.9 Å². The van der Waals surface area contributed by atoms with Crippen molar-refractivity contribution in [3.63, 3.8) is 0 Å². The Labute approximate surface area is 145 Å². The third-order valence-corrected chi connectivity index (χ3v) is 3.99. The number of benzene rings is 1. The van der Waals surface area contributed by atoms with Gasteiger partial charge in [0.25, 0.3) is 0 Å². The fourth-order valence-corrected chi connectivity index (χ4v) is 2.55. The van der Waals surface area contributed by atoms with Crippen LogP contribution in [0, 0.1) is 12.8 Å². The Balaban J connectivity index is 2.79. The normalized spacial score (nSPS) is 14.0. The van der Waals surface area contributed by atoms with Crippen LogP contribution in [-0.4, -0.2) is 45.1 Å². The van der Waals surface area contributed by atoms with Gasteiger partial charge in [0, 0.05) is 31.2 Å². The summed E-state index contributed by atoms with van der Waals surface area (Å²) in [6, 6.07) is 6.10. The van der Waals surface area contributed by atoms with Crippen LogP contribution in [0.2, 0.25) is 0 Å². The van der Waals surface area contributed by atoms with Crippen LogP contribution in [0.25, 0.3) is 0 Å². The third-order valence-electron chi connectivity index (χ3n) is 3.61. The quantitative estimate of drug-likeness (QED) is 0.351. The Hall–Kier alpha value is -1.66. The Morgan fingerprint density at radius 2 is 2.13 bits per heavy atom. The topological polar surface area (TPSA) is 65.7 Å². The monoisotopic (exact) mass is 335 g/mol. The zero-order valence-corrected chi connectivity index (χ0v) is 15.6. The molecule has 1 unspecified atom stereocenters. The van der Waals surface area contributed by atoms with Crippen molar-refractivity contribution in [2.75, 3.05) is 39.5 Å². The molecule has 1 atom stereocenters. The van der Waals surface area contributed by atoms with Crippen molar-refractivity contribution >= 4 is 24.3 Å². The highest BCUT2D eigenvalue weighted by molar-refractivity contribution is 7.80. The summed E-state index contributed by atoms with van der Waals surface area (Å²) < 4.78 is 0. The summed E-state index contributed by atoms with van der Waals surface area (Å²) in [7, 11) is 5.77. The van der Waals surface area contributed by atoms with Crippen LogP contribution in [0.1, 0.15) is 12.5 Å². The van der Waals surface area contributed by atoms with Crippen molar-refractivity contribution in [1.29, 1.82) is 0 Å². The summed E-state index contributed by atoms with van der Waals surface area (Å²) in [5.41, 5.74) is 9.25. The van der Waals surface area contributed by atoms with Gasteiger partial charge in [-0.1, -0.05) is 19.1 Å². The van der Waals surface area contributed by atoms with E-state index in [1.54, 1.807) is 7.05 Å². The second-order valence-corrected chi connectivity index (χ2v) is 6.44. The lowest BCUT2D eigenvalue weighted by molar-refractivity contribution is 0.425. The van der Waals surface area contributed by atoms with E-state index >= 15 is 0 Å². The van der Waals surface area contributed by atoms with Gasteiger partial charge in [-0.05, 0) is 44.1 Å². The summed E-state index contributed by atoms with van der Waals surface area (Å²) in [5.74, 6) is 0.750. The molecule has 0 radical (unpaired) electrons. The predicted molar refractivity (Wildman–Crippen MR) is 103 cm³/mol. The lowest BCUT2D eigenvalue weighted by Gasteiger charge is -2.22. The van der Waals surface area contributed by atoms with E-state index < -0.39 is 0 Å². The van der Waals surface area contributed by atoms with Gasteiger partial charge in [-0.15, -0.1) is 12.6 Å². The van der Waals surface area contributed by atoms with Gasteiger partial charge in [-0.2, -0.15) is 0 Å².